The molecule has 0 atom stereocenters. The number of halogens is 2. The summed E-state index contributed by atoms with van der Waals surface area (Å²) in [7, 11) is -0.812. The van der Waals surface area contributed by atoms with E-state index in [0.29, 0.717) is 29.2 Å². The van der Waals surface area contributed by atoms with E-state index in [-0.39, 0.29) is 15.8 Å². The van der Waals surface area contributed by atoms with Crippen LogP contribution in [0, 0.1) is 5.82 Å². The van der Waals surface area contributed by atoms with Gasteiger partial charge in [0.15, 0.2) is 11.6 Å². The summed E-state index contributed by atoms with van der Waals surface area (Å²) in [5, 5.41) is 6.70. The summed E-state index contributed by atoms with van der Waals surface area (Å²) in [5.41, 5.74) is 1.000. The molecule has 3 N–H and O–H groups in total. The molecule has 0 saturated heterocycles. The van der Waals surface area contributed by atoms with Crippen LogP contribution in [0.5, 0.6) is 5.88 Å². The Morgan fingerprint density at radius 1 is 1.08 bits per heavy atom. The maximum absolute atomic E-state index is 14.8. The number of ether oxygens (including phenoxy) is 1. The Bertz CT molecular complexity index is 1360. The third-order valence-electron chi connectivity index (χ3n) is 6.12. The highest BCUT2D eigenvalue weighted by molar-refractivity contribution is 7.92. The van der Waals surface area contributed by atoms with Crippen LogP contribution in [0.25, 0.3) is 12.2 Å². The highest BCUT2D eigenvalue weighted by Gasteiger charge is 2.22. The second-order valence-electron chi connectivity index (χ2n) is 8.61. The van der Waals surface area contributed by atoms with E-state index in [0.717, 1.165) is 31.7 Å². The third kappa shape index (κ3) is 6.73. The molecule has 2 aromatic heterocycles. The molecule has 9 nitrogen and oxygen atoms in total. The summed E-state index contributed by atoms with van der Waals surface area (Å²) in [6.07, 6.45) is 10.9. The molecule has 1 saturated carbocycles. The molecule has 0 spiro atoms. The Kier molecular flexibility index (Phi) is 8.57. The van der Waals surface area contributed by atoms with Crippen LogP contribution in [-0.4, -0.2) is 49.6 Å². The zero-order valence-electron chi connectivity index (χ0n) is 20.4. The van der Waals surface area contributed by atoms with Crippen LogP contribution in [0.15, 0.2) is 47.6 Å². The van der Waals surface area contributed by atoms with Crippen LogP contribution in [-0.2, 0) is 10.0 Å². The van der Waals surface area contributed by atoms with Crippen molar-refractivity contribution in [1.82, 2.24) is 20.3 Å². The van der Waals surface area contributed by atoms with Gasteiger partial charge in [0.2, 0.25) is 11.8 Å². The van der Waals surface area contributed by atoms with Crippen LogP contribution in [0.3, 0.4) is 0 Å². The van der Waals surface area contributed by atoms with Gasteiger partial charge in [-0.1, -0.05) is 29.8 Å². The fourth-order valence-corrected chi connectivity index (χ4v) is 5.61. The monoisotopic (exact) mass is 546 g/mol. The Hall–Kier alpha value is -3.28. The number of benzene rings is 1. The third-order valence-corrected chi connectivity index (χ3v) is 7.95. The largest absolute Gasteiger partial charge is 0.481 e. The molecule has 0 radical (unpaired) electrons. The summed E-state index contributed by atoms with van der Waals surface area (Å²) in [6, 6.07) is 7.89. The normalized spacial score (nSPS) is 18.1. The molecule has 37 heavy (non-hydrogen) atoms. The molecular formula is C25H28ClFN6O3S. The molecule has 1 aliphatic carbocycles. The summed E-state index contributed by atoms with van der Waals surface area (Å²) >= 11 is 5.98. The van der Waals surface area contributed by atoms with Gasteiger partial charge >= 0.3 is 0 Å². The lowest BCUT2D eigenvalue weighted by Gasteiger charge is -2.28. The molecular weight excluding hydrogens is 519 g/mol. The molecule has 0 aliphatic heterocycles. The quantitative estimate of drug-likeness (QED) is 0.357. The van der Waals surface area contributed by atoms with Crippen molar-refractivity contribution in [2.45, 2.75) is 42.7 Å². The maximum Gasteiger partial charge on any atom is 0.264 e. The van der Waals surface area contributed by atoms with E-state index in [4.69, 9.17) is 16.3 Å². The van der Waals surface area contributed by atoms with E-state index in [1.807, 2.05) is 7.05 Å². The number of methoxy groups -OCH3 is 1. The van der Waals surface area contributed by atoms with Crippen molar-refractivity contribution >= 4 is 45.5 Å². The second kappa shape index (κ2) is 11.8. The first-order valence-corrected chi connectivity index (χ1v) is 13.6. The number of anilines is 2. The lowest BCUT2D eigenvalue weighted by Crippen LogP contribution is -2.35. The molecule has 0 bridgehead atoms. The number of rotatable bonds is 9. The van der Waals surface area contributed by atoms with Crippen LogP contribution in [0.1, 0.15) is 36.8 Å². The average Bonchev–Trinajstić information content (AvgIpc) is 2.90. The number of nitrogens with zero attached hydrogens (tertiary/aromatic N) is 3. The predicted molar refractivity (Wildman–Crippen MR) is 143 cm³/mol. The smallest absolute Gasteiger partial charge is 0.264 e. The minimum atomic E-state index is -4.16. The molecule has 1 aliphatic rings. The van der Waals surface area contributed by atoms with E-state index >= 15 is 0 Å². The fraction of sp³-hybridized carbons (Fsp3) is 0.320. The van der Waals surface area contributed by atoms with Crippen LogP contribution < -0.4 is 20.1 Å². The molecule has 0 amide bonds. The van der Waals surface area contributed by atoms with Crippen molar-refractivity contribution in [3.63, 3.8) is 0 Å². The summed E-state index contributed by atoms with van der Waals surface area (Å²) in [6.45, 7) is 0. The lowest BCUT2D eigenvalue weighted by molar-refractivity contribution is 0.370. The van der Waals surface area contributed by atoms with Gasteiger partial charge in [-0.3, -0.25) is 4.72 Å². The number of pyridine rings is 1. The van der Waals surface area contributed by atoms with Gasteiger partial charge in [-0.15, -0.1) is 0 Å². The van der Waals surface area contributed by atoms with Crippen molar-refractivity contribution in [2.75, 3.05) is 24.2 Å². The molecule has 2 heterocycles. The zero-order chi connectivity index (χ0) is 26.4. The Balaban J connectivity index is 1.45. The van der Waals surface area contributed by atoms with Gasteiger partial charge in [-0.2, -0.15) is 4.98 Å². The van der Waals surface area contributed by atoms with Gasteiger partial charge in [0.1, 0.15) is 4.90 Å². The molecule has 1 aromatic carbocycles. The van der Waals surface area contributed by atoms with Gasteiger partial charge in [0, 0.05) is 35.6 Å². The van der Waals surface area contributed by atoms with Gasteiger partial charge in [-0.05, 0) is 57.0 Å². The van der Waals surface area contributed by atoms with Crippen molar-refractivity contribution in [3.05, 3.63) is 64.7 Å². The molecule has 0 unspecified atom stereocenters. The van der Waals surface area contributed by atoms with E-state index in [9.17, 15) is 12.8 Å². The van der Waals surface area contributed by atoms with Crippen molar-refractivity contribution < 1.29 is 17.5 Å². The van der Waals surface area contributed by atoms with Crippen LogP contribution in [0.2, 0.25) is 5.02 Å². The number of aromatic nitrogens is 3. The molecule has 3 aromatic rings. The highest BCUT2D eigenvalue weighted by Crippen LogP contribution is 2.28. The second-order valence-corrected chi connectivity index (χ2v) is 10.7. The van der Waals surface area contributed by atoms with E-state index < -0.39 is 21.7 Å². The van der Waals surface area contributed by atoms with Gasteiger partial charge in [0.05, 0.1) is 12.1 Å². The first-order chi connectivity index (χ1) is 17.8. The number of sulfonamides is 1. The highest BCUT2D eigenvalue weighted by atomic mass is 35.5. The van der Waals surface area contributed by atoms with Crippen molar-refractivity contribution in [1.29, 1.82) is 0 Å². The van der Waals surface area contributed by atoms with Crippen LogP contribution >= 0.6 is 11.6 Å². The maximum atomic E-state index is 14.8. The van der Waals surface area contributed by atoms with E-state index in [2.05, 4.69) is 30.3 Å². The lowest BCUT2D eigenvalue weighted by atomic mass is 9.91. The minimum absolute atomic E-state index is 0.00605. The number of hydrogen-bond acceptors (Lipinski definition) is 8. The Morgan fingerprint density at radius 2 is 1.76 bits per heavy atom. The predicted octanol–water partition coefficient (Wildman–Crippen LogP) is 4.59. The summed E-state index contributed by atoms with van der Waals surface area (Å²) in [4.78, 5) is 12.6. The van der Waals surface area contributed by atoms with Crippen molar-refractivity contribution in [2.24, 2.45) is 0 Å². The van der Waals surface area contributed by atoms with E-state index in [1.165, 1.54) is 25.3 Å². The number of nitrogens with one attached hydrogen (secondary N) is 3. The Morgan fingerprint density at radius 3 is 2.41 bits per heavy atom. The summed E-state index contributed by atoms with van der Waals surface area (Å²) in [5.74, 6) is -0.785. The minimum Gasteiger partial charge on any atom is -0.481 e. The zero-order valence-corrected chi connectivity index (χ0v) is 22.0. The first-order valence-electron chi connectivity index (χ1n) is 11.7. The molecule has 4 rings (SSSR count). The topological polar surface area (TPSA) is 118 Å². The van der Waals surface area contributed by atoms with E-state index in [1.54, 1.807) is 30.6 Å². The van der Waals surface area contributed by atoms with Gasteiger partial charge in [-0.25, -0.2) is 22.8 Å². The average molecular weight is 547 g/mol. The Labute approximate surface area is 220 Å². The molecule has 12 heteroatoms. The van der Waals surface area contributed by atoms with Gasteiger partial charge in [0.25, 0.3) is 10.0 Å². The van der Waals surface area contributed by atoms with Gasteiger partial charge < -0.3 is 15.4 Å². The molecule has 196 valence electrons. The standard InChI is InChI=1S/C25H28ClFN6O3S/c1-28-18-9-11-19(12-10-18)31-25-29-14-16(15-30-25)7-8-17-13-21(27)23(32-24(17)36-2)33-37(34,35)22-6-4-3-5-20(22)26/h3-8,13-15,18-19,28H,9-12H2,1-2H3,(H,32,33)(H,29,30,31)/b8-7+. The van der Waals surface area contributed by atoms with Crippen LogP contribution in [0.4, 0.5) is 16.2 Å². The molecule has 1 fully saturated rings. The SMILES string of the molecule is CNC1CCC(Nc2ncc(/C=C/c3cc(F)c(NS(=O)(=O)c4ccccc4Cl)nc3OC)cn2)CC1. The summed E-state index contributed by atoms with van der Waals surface area (Å²) < 4.78 is 47.5. The first kappa shape index (κ1) is 26.8. The van der Waals surface area contributed by atoms with Crippen molar-refractivity contribution in [3.8, 4) is 5.88 Å². The number of hydrogen-bond donors (Lipinski definition) is 3. The fourth-order valence-electron chi connectivity index (χ4n) is 4.08.